The molecule has 0 radical (unpaired) electrons. The predicted octanol–water partition coefficient (Wildman–Crippen LogP) is 2.53. The first-order valence-electron chi connectivity index (χ1n) is 7.95. The van der Waals surface area contributed by atoms with E-state index in [0.29, 0.717) is 12.1 Å². The summed E-state index contributed by atoms with van der Waals surface area (Å²) in [6.07, 6.45) is 2.44. The number of aryl methyl sites for hydroxylation is 1. The van der Waals surface area contributed by atoms with Crippen molar-refractivity contribution in [3.63, 3.8) is 0 Å². The third kappa shape index (κ3) is 6.89. The normalized spacial score (nSPS) is 11.8. The first-order valence-corrected chi connectivity index (χ1v) is 7.95. The molecule has 0 fully saturated rings. The SMILES string of the molecule is CCCCN(C)CCNC(=NC)NCc1ccc(C)c(F)c1. The second-order valence-corrected chi connectivity index (χ2v) is 5.59. The second-order valence-electron chi connectivity index (χ2n) is 5.59. The van der Waals surface area contributed by atoms with Crippen LogP contribution in [0.25, 0.3) is 0 Å². The van der Waals surface area contributed by atoms with E-state index in [0.717, 1.165) is 31.2 Å². The number of aliphatic imine (C=N–C) groups is 1. The summed E-state index contributed by atoms with van der Waals surface area (Å²) in [5.41, 5.74) is 1.58. The molecular weight excluding hydrogens is 279 g/mol. The van der Waals surface area contributed by atoms with Gasteiger partial charge in [-0.25, -0.2) is 4.39 Å². The Kier molecular flexibility index (Phi) is 8.51. The highest BCUT2D eigenvalue weighted by Crippen LogP contribution is 2.08. The van der Waals surface area contributed by atoms with Crippen molar-refractivity contribution in [2.75, 3.05) is 33.7 Å². The van der Waals surface area contributed by atoms with Crippen molar-refractivity contribution < 1.29 is 4.39 Å². The number of halogens is 1. The molecule has 0 unspecified atom stereocenters. The van der Waals surface area contributed by atoms with Crippen LogP contribution in [0.4, 0.5) is 4.39 Å². The summed E-state index contributed by atoms with van der Waals surface area (Å²) in [4.78, 5) is 6.49. The number of nitrogens with one attached hydrogen (secondary N) is 2. The Labute approximate surface area is 133 Å². The van der Waals surface area contributed by atoms with Crippen LogP contribution in [0.1, 0.15) is 30.9 Å². The number of benzene rings is 1. The highest BCUT2D eigenvalue weighted by Gasteiger charge is 2.02. The number of rotatable bonds is 8. The van der Waals surface area contributed by atoms with Crippen molar-refractivity contribution in [1.82, 2.24) is 15.5 Å². The molecule has 0 aromatic heterocycles. The van der Waals surface area contributed by atoms with Gasteiger partial charge in [-0.1, -0.05) is 25.5 Å². The Morgan fingerprint density at radius 2 is 2.05 bits per heavy atom. The zero-order chi connectivity index (χ0) is 16.4. The van der Waals surface area contributed by atoms with E-state index in [1.54, 1.807) is 26.1 Å². The van der Waals surface area contributed by atoms with Crippen molar-refractivity contribution in [1.29, 1.82) is 0 Å². The molecule has 0 saturated carbocycles. The standard InChI is InChI=1S/C17H29FN4/c1-5-6-10-22(4)11-9-20-17(19-3)21-13-15-8-7-14(2)16(18)12-15/h7-8,12H,5-6,9-11,13H2,1-4H3,(H2,19,20,21). The molecule has 2 N–H and O–H groups in total. The quantitative estimate of drug-likeness (QED) is 0.573. The van der Waals surface area contributed by atoms with Crippen molar-refractivity contribution in [2.24, 2.45) is 4.99 Å². The van der Waals surface area contributed by atoms with Gasteiger partial charge in [0, 0.05) is 26.7 Å². The third-order valence-electron chi connectivity index (χ3n) is 3.60. The van der Waals surface area contributed by atoms with E-state index < -0.39 is 0 Å². The topological polar surface area (TPSA) is 39.7 Å². The smallest absolute Gasteiger partial charge is 0.191 e. The Hall–Kier alpha value is -1.62. The molecular formula is C17H29FN4. The largest absolute Gasteiger partial charge is 0.355 e. The van der Waals surface area contributed by atoms with Gasteiger partial charge in [0.25, 0.3) is 0 Å². The molecule has 0 aliphatic carbocycles. The number of hydrogen-bond acceptors (Lipinski definition) is 2. The van der Waals surface area contributed by atoms with Crippen molar-refractivity contribution in [2.45, 2.75) is 33.2 Å². The van der Waals surface area contributed by atoms with Gasteiger partial charge in [-0.05, 0) is 44.1 Å². The van der Waals surface area contributed by atoms with Gasteiger partial charge in [0.2, 0.25) is 0 Å². The molecule has 0 heterocycles. The lowest BCUT2D eigenvalue weighted by molar-refractivity contribution is 0.332. The van der Waals surface area contributed by atoms with E-state index in [-0.39, 0.29) is 5.82 Å². The summed E-state index contributed by atoms with van der Waals surface area (Å²) in [6.45, 7) is 7.45. The fourth-order valence-electron chi connectivity index (χ4n) is 2.06. The van der Waals surface area contributed by atoms with E-state index in [4.69, 9.17) is 0 Å². The van der Waals surface area contributed by atoms with Gasteiger partial charge in [0.15, 0.2) is 5.96 Å². The number of nitrogens with zero attached hydrogens (tertiary/aromatic N) is 2. The summed E-state index contributed by atoms with van der Waals surface area (Å²) >= 11 is 0. The van der Waals surface area contributed by atoms with Gasteiger partial charge >= 0.3 is 0 Å². The van der Waals surface area contributed by atoms with Crippen molar-refractivity contribution in [3.05, 3.63) is 35.1 Å². The zero-order valence-electron chi connectivity index (χ0n) is 14.2. The van der Waals surface area contributed by atoms with Gasteiger partial charge < -0.3 is 15.5 Å². The molecule has 0 aliphatic heterocycles. The maximum atomic E-state index is 13.5. The molecule has 0 aliphatic rings. The highest BCUT2D eigenvalue weighted by molar-refractivity contribution is 5.79. The first-order chi connectivity index (χ1) is 10.6. The lowest BCUT2D eigenvalue weighted by atomic mass is 10.1. The minimum absolute atomic E-state index is 0.167. The fourth-order valence-corrected chi connectivity index (χ4v) is 2.06. The molecule has 4 nitrogen and oxygen atoms in total. The average molecular weight is 308 g/mol. The first kappa shape index (κ1) is 18.4. The highest BCUT2D eigenvalue weighted by atomic mass is 19.1. The molecule has 22 heavy (non-hydrogen) atoms. The molecule has 1 rings (SSSR count). The summed E-state index contributed by atoms with van der Waals surface area (Å²) in [7, 11) is 3.87. The van der Waals surface area contributed by atoms with Crippen LogP contribution in [0.5, 0.6) is 0 Å². The number of hydrogen-bond donors (Lipinski definition) is 2. The summed E-state index contributed by atoms with van der Waals surface area (Å²) in [5, 5.41) is 6.48. The number of likely N-dealkylation sites (N-methyl/N-ethyl adjacent to an activating group) is 1. The maximum absolute atomic E-state index is 13.5. The maximum Gasteiger partial charge on any atom is 0.191 e. The number of unbranched alkanes of at least 4 members (excludes halogenated alkanes) is 1. The summed E-state index contributed by atoms with van der Waals surface area (Å²) < 4.78 is 13.5. The lowest BCUT2D eigenvalue weighted by Gasteiger charge is -2.18. The molecule has 0 bridgehead atoms. The Morgan fingerprint density at radius 3 is 2.68 bits per heavy atom. The zero-order valence-corrected chi connectivity index (χ0v) is 14.2. The van der Waals surface area contributed by atoms with E-state index >= 15 is 0 Å². The van der Waals surface area contributed by atoms with Crippen LogP contribution < -0.4 is 10.6 Å². The molecule has 1 aromatic rings. The Morgan fingerprint density at radius 1 is 1.27 bits per heavy atom. The van der Waals surface area contributed by atoms with Crippen LogP contribution in [0, 0.1) is 12.7 Å². The molecule has 0 amide bonds. The van der Waals surface area contributed by atoms with Gasteiger partial charge in [0.05, 0.1) is 0 Å². The molecule has 0 saturated heterocycles. The van der Waals surface area contributed by atoms with Crippen molar-refractivity contribution >= 4 is 5.96 Å². The van der Waals surface area contributed by atoms with E-state index in [2.05, 4.69) is 34.5 Å². The summed E-state index contributed by atoms with van der Waals surface area (Å²) in [6, 6.07) is 5.29. The molecule has 5 heteroatoms. The minimum atomic E-state index is -0.167. The van der Waals surface area contributed by atoms with Gasteiger partial charge in [-0.3, -0.25) is 4.99 Å². The third-order valence-corrected chi connectivity index (χ3v) is 3.60. The Bertz CT molecular complexity index is 474. The van der Waals surface area contributed by atoms with E-state index in [1.807, 2.05) is 6.07 Å². The van der Waals surface area contributed by atoms with Gasteiger partial charge in [-0.2, -0.15) is 0 Å². The molecule has 1 aromatic carbocycles. The molecule has 0 atom stereocenters. The van der Waals surface area contributed by atoms with Gasteiger partial charge in [-0.15, -0.1) is 0 Å². The van der Waals surface area contributed by atoms with Crippen molar-refractivity contribution in [3.8, 4) is 0 Å². The van der Waals surface area contributed by atoms with Crippen LogP contribution in [-0.2, 0) is 6.54 Å². The second kappa shape index (κ2) is 10.2. The number of guanidine groups is 1. The van der Waals surface area contributed by atoms with Crippen LogP contribution in [0.3, 0.4) is 0 Å². The monoisotopic (exact) mass is 308 g/mol. The lowest BCUT2D eigenvalue weighted by Crippen LogP contribution is -2.40. The fraction of sp³-hybridized carbons (Fsp3) is 0.588. The Balaban J connectivity index is 2.32. The predicted molar refractivity (Wildman–Crippen MR) is 91.7 cm³/mol. The molecule has 0 spiro atoms. The minimum Gasteiger partial charge on any atom is -0.355 e. The average Bonchev–Trinajstić information content (AvgIpc) is 2.51. The van der Waals surface area contributed by atoms with Gasteiger partial charge in [0.1, 0.15) is 5.82 Å². The van der Waals surface area contributed by atoms with E-state index in [9.17, 15) is 4.39 Å². The van der Waals surface area contributed by atoms with Crippen LogP contribution in [0.15, 0.2) is 23.2 Å². The van der Waals surface area contributed by atoms with E-state index in [1.165, 1.54) is 12.8 Å². The molecule has 124 valence electrons. The van der Waals surface area contributed by atoms with Crippen LogP contribution >= 0.6 is 0 Å². The summed E-state index contributed by atoms with van der Waals surface area (Å²) in [5.74, 6) is 0.574. The van der Waals surface area contributed by atoms with Crippen LogP contribution in [0.2, 0.25) is 0 Å². The van der Waals surface area contributed by atoms with Crippen LogP contribution in [-0.4, -0.2) is 44.6 Å².